The average Bonchev–Trinajstić information content (AvgIpc) is 3.23. The van der Waals surface area contributed by atoms with Gasteiger partial charge in [-0.2, -0.15) is 5.10 Å². The number of aryl methyl sites for hydroxylation is 2. The molecule has 1 unspecified atom stereocenters. The molecule has 1 atom stereocenters. The number of nitrogens with zero attached hydrogens (tertiary/aromatic N) is 4. The summed E-state index contributed by atoms with van der Waals surface area (Å²) in [5.74, 6) is 0.497. The molecule has 0 aliphatic carbocycles. The van der Waals surface area contributed by atoms with Crippen molar-refractivity contribution < 1.29 is 9.59 Å². The van der Waals surface area contributed by atoms with E-state index in [2.05, 4.69) is 44.2 Å². The van der Waals surface area contributed by atoms with E-state index in [4.69, 9.17) is 0 Å². The van der Waals surface area contributed by atoms with Crippen molar-refractivity contribution in [1.82, 2.24) is 30.6 Å². The number of hydrogen-bond donors (Lipinski definition) is 3. The molecule has 1 aromatic carbocycles. The summed E-state index contributed by atoms with van der Waals surface area (Å²) >= 11 is 0. The molecule has 0 saturated carbocycles. The summed E-state index contributed by atoms with van der Waals surface area (Å²) in [5, 5.41) is 13.9. The fourth-order valence-electron chi connectivity index (χ4n) is 3.77. The maximum absolute atomic E-state index is 12.5. The minimum absolute atomic E-state index is 0. The van der Waals surface area contributed by atoms with Crippen molar-refractivity contribution in [2.75, 3.05) is 20.1 Å². The Morgan fingerprint density at radius 2 is 1.94 bits per heavy atom. The molecule has 2 aromatic rings. The van der Waals surface area contributed by atoms with Gasteiger partial charge in [0.15, 0.2) is 5.96 Å². The first-order valence-corrected chi connectivity index (χ1v) is 11.0. The van der Waals surface area contributed by atoms with Gasteiger partial charge in [-0.1, -0.05) is 25.1 Å². The molecule has 10 heteroatoms. The van der Waals surface area contributed by atoms with Crippen LogP contribution in [-0.2, 0) is 11.3 Å². The number of rotatable bonds is 8. The molecule has 2 heterocycles. The number of halogens is 1. The Morgan fingerprint density at radius 3 is 2.55 bits per heavy atom. The first-order valence-electron chi connectivity index (χ1n) is 11.0. The number of aromatic nitrogens is 2. The number of urea groups is 1. The van der Waals surface area contributed by atoms with Gasteiger partial charge < -0.3 is 16.0 Å². The molecule has 1 fully saturated rings. The molecule has 0 bridgehead atoms. The molecule has 1 aliphatic rings. The quantitative estimate of drug-likeness (QED) is 0.150. The largest absolute Gasteiger partial charge is 0.356 e. The molecule has 3 N–H and O–H groups in total. The number of para-hydroxylation sites is 1. The molecule has 0 radical (unpaired) electrons. The van der Waals surface area contributed by atoms with E-state index in [0.29, 0.717) is 38.4 Å². The Labute approximate surface area is 212 Å². The van der Waals surface area contributed by atoms with Crippen LogP contribution in [0.2, 0.25) is 0 Å². The van der Waals surface area contributed by atoms with Crippen LogP contribution in [-0.4, -0.2) is 58.3 Å². The maximum atomic E-state index is 12.5. The van der Waals surface area contributed by atoms with Gasteiger partial charge in [-0.25, -0.2) is 9.48 Å². The number of hydrogen-bond acceptors (Lipinski definition) is 4. The van der Waals surface area contributed by atoms with Crippen LogP contribution in [0.15, 0.2) is 35.3 Å². The second-order valence-electron chi connectivity index (χ2n) is 8.25. The molecular weight excluding hydrogens is 533 g/mol. The lowest BCUT2D eigenvalue weighted by molar-refractivity contribution is -0.130. The van der Waals surface area contributed by atoms with Crippen molar-refractivity contribution in [3.05, 3.63) is 47.3 Å². The summed E-state index contributed by atoms with van der Waals surface area (Å²) in [7, 11) is 1.71. The van der Waals surface area contributed by atoms with Gasteiger partial charge in [0.05, 0.1) is 11.4 Å². The first kappa shape index (κ1) is 26.6. The minimum atomic E-state index is -0.791. The van der Waals surface area contributed by atoms with Crippen molar-refractivity contribution in [2.45, 2.75) is 52.6 Å². The zero-order chi connectivity index (χ0) is 23.3. The zero-order valence-electron chi connectivity index (χ0n) is 19.9. The highest BCUT2D eigenvalue weighted by atomic mass is 127. The summed E-state index contributed by atoms with van der Waals surface area (Å²) < 4.78 is 1.95. The van der Waals surface area contributed by atoms with Gasteiger partial charge in [0.2, 0.25) is 0 Å². The van der Waals surface area contributed by atoms with Crippen molar-refractivity contribution in [2.24, 2.45) is 4.99 Å². The highest BCUT2D eigenvalue weighted by molar-refractivity contribution is 14.0. The van der Waals surface area contributed by atoms with E-state index in [1.807, 2.05) is 37.6 Å². The van der Waals surface area contributed by atoms with Gasteiger partial charge in [-0.05, 0) is 51.3 Å². The molecule has 3 amide bonds. The highest BCUT2D eigenvalue weighted by Crippen LogP contribution is 2.20. The third-order valence-corrected chi connectivity index (χ3v) is 5.80. The van der Waals surface area contributed by atoms with Crippen molar-refractivity contribution in [3.63, 3.8) is 0 Å². The number of amides is 3. The van der Waals surface area contributed by atoms with Gasteiger partial charge in [0, 0.05) is 32.4 Å². The second-order valence-corrected chi connectivity index (χ2v) is 8.25. The molecule has 0 spiro atoms. The Balaban J connectivity index is 0.00000385. The van der Waals surface area contributed by atoms with Gasteiger partial charge in [-0.3, -0.25) is 14.7 Å². The van der Waals surface area contributed by atoms with Crippen LogP contribution in [0.4, 0.5) is 4.79 Å². The summed E-state index contributed by atoms with van der Waals surface area (Å²) in [6, 6.07) is 9.86. The normalized spacial score (nSPS) is 18.2. The lowest BCUT2D eigenvalue weighted by atomic mass is 9.99. The number of guanidine groups is 1. The van der Waals surface area contributed by atoms with E-state index in [1.165, 1.54) is 4.90 Å². The molecule has 1 aromatic heterocycles. The minimum Gasteiger partial charge on any atom is -0.356 e. The summed E-state index contributed by atoms with van der Waals surface area (Å²) in [6.45, 7) is 9.21. The molecule has 1 aliphatic heterocycles. The Kier molecular flexibility index (Phi) is 9.26. The number of aliphatic imine (C=N–C) groups is 1. The Bertz CT molecular complexity index is 1020. The summed E-state index contributed by atoms with van der Waals surface area (Å²) in [5.41, 5.74) is 3.39. The van der Waals surface area contributed by atoms with Gasteiger partial charge in [-0.15, -0.1) is 24.0 Å². The van der Waals surface area contributed by atoms with E-state index in [0.717, 1.165) is 22.6 Å². The van der Waals surface area contributed by atoms with Crippen molar-refractivity contribution >= 4 is 41.9 Å². The predicted octanol–water partition coefficient (Wildman–Crippen LogP) is 2.88. The highest BCUT2D eigenvalue weighted by Gasteiger charge is 2.45. The van der Waals surface area contributed by atoms with Crippen molar-refractivity contribution in [1.29, 1.82) is 0 Å². The lowest BCUT2D eigenvalue weighted by Crippen LogP contribution is -2.43. The topological polar surface area (TPSA) is 104 Å². The smallest absolute Gasteiger partial charge is 0.325 e. The average molecular weight is 567 g/mol. The number of benzene rings is 1. The predicted molar refractivity (Wildman–Crippen MR) is 140 cm³/mol. The van der Waals surface area contributed by atoms with Crippen LogP contribution >= 0.6 is 24.0 Å². The molecule has 33 heavy (non-hydrogen) atoms. The maximum Gasteiger partial charge on any atom is 0.325 e. The number of carbonyl (C=O) groups is 2. The summed E-state index contributed by atoms with van der Waals surface area (Å²) in [4.78, 5) is 30.1. The van der Waals surface area contributed by atoms with E-state index >= 15 is 0 Å². The van der Waals surface area contributed by atoms with E-state index in [1.54, 1.807) is 14.0 Å². The Morgan fingerprint density at radius 1 is 1.21 bits per heavy atom. The van der Waals surface area contributed by atoms with Crippen LogP contribution < -0.4 is 16.0 Å². The molecule has 9 nitrogen and oxygen atoms in total. The fraction of sp³-hybridized carbons (Fsp3) is 0.478. The van der Waals surface area contributed by atoms with Gasteiger partial charge in [0.25, 0.3) is 5.91 Å². The molecule has 3 rings (SSSR count). The van der Waals surface area contributed by atoms with E-state index in [9.17, 15) is 9.59 Å². The summed E-state index contributed by atoms with van der Waals surface area (Å²) in [6.07, 6.45) is 1.20. The Hall–Kier alpha value is -2.63. The van der Waals surface area contributed by atoms with Crippen molar-refractivity contribution in [3.8, 4) is 5.69 Å². The third-order valence-electron chi connectivity index (χ3n) is 5.80. The van der Waals surface area contributed by atoms with Crippen LogP contribution in [0.1, 0.15) is 43.6 Å². The van der Waals surface area contributed by atoms with Crippen LogP contribution in [0.25, 0.3) is 5.69 Å². The fourth-order valence-corrected chi connectivity index (χ4v) is 3.77. The van der Waals surface area contributed by atoms with Crippen LogP contribution in [0.5, 0.6) is 0 Å². The number of nitrogens with one attached hydrogen (secondary N) is 3. The van der Waals surface area contributed by atoms with Gasteiger partial charge in [0.1, 0.15) is 5.54 Å². The monoisotopic (exact) mass is 567 g/mol. The van der Waals surface area contributed by atoms with Gasteiger partial charge >= 0.3 is 6.03 Å². The SMILES string of the molecule is CCC1(C)NC(=O)N(CCCNC(=NC)NCc2ccccc2-n2nc(C)cc2C)C1=O.I. The molecule has 1 saturated heterocycles. The lowest BCUT2D eigenvalue weighted by Gasteiger charge is -2.19. The third kappa shape index (κ3) is 6.04. The first-order chi connectivity index (χ1) is 15.3. The standard InChI is InChI=1S/C23H33N7O2.HI/c1-6-23(4)20(31)29(22(32)27-23)13-9-12-25-21(24-5)26-15-18-10-7-8-11-19(18)30-17(3)14-16(2)28-30;/h7-8,10-11,14H,6,9,12-13,15H2,1-5H3,(H,27,32)(H2,24,25,26);1H. The second kappa shape index (κ2) is 11.5. The van der Waals surface area contributed by atoms with Crippen LogP contribution in [0.3, 0.4) is 0 Å². The van der Waals surface area contributed by atoms with Crippen LogP contribution in [0, 0.1) is 13.8 Å². The number of carbonyl (C=O) groups excluding carboxylic acids is 2. The van der Waals surface area contributed by atoms with E-state index in [-0.39, 0.29) is 35.9 Å². The number of imide groups is 1. The van der Waals surface area contributed by atoms with E-state index < -0.39 is 5.54 Å². The molecular formula is C23H34IN7O2. The zero-order valence-corrected chi connectivity index (χ0v) is 22.3. The molecule has 180 valence electrons.